The molecule has 0 unspecified atom stereocenters. The van der Waals surface area contributed by atoms with Crippen molar-refractivity contribution in [1.82, 2.24) is 4.57 Å². The van der Waals surface area contributed by atoms with Crippen LogP contribution in [0.4, 0.5) is 11.5 Å². The zero-order valence-corrected chi connectivity index (χ0v) is 16.2. The lowest BCUT2D eigenvalue weighted by Crippen LogP contribution is -2.29. The Morgan fingerprint density at radius 3 is 2.50 bits per heavy atom. The maximum Gasteiger partial charge on any atom is 0.275 e. The number of para-hydroxylation sites is 1. The van der Waals surface area contributed by atoms with Crippen molar-refractivity contribution in [3.8, 4) is 11.8 Å². The second-order valence-corrected chi connectivity index (χ2v) is 6.90. The predicted octanol–water partition coefficient (Wildman–Crippen LogP) is 3.57. The van der Waals surface area contributed by atoms with Gasteiger partial charge in [0.1, 0.15) is 17.5 Å². The number of nitrogen functional groups attached to an aromatic ring is 1. The summed E-state index contributed by atoms with van der Waals surface area (Å²) in [4.78, 5) is 26.2. The van der Waals surface area contributed by atoms with Crippen LogP contribution in [-0.4, -0.2) is 16.7 Å². The zero-order valence-electron chi connectivity index (χ0n) is 15.4. The number of hydrogen-bond acceptors (Lipinski definition) is 5. The molecule has 0 aliphatic rings. The van der Waals surface area contributed by atoms with E-state index < -0.39 is 11.5 Å². The number of pyridine rings is 1. The Hall–Kier alpha value is -3.50. The van der Waals surface area contributed by atoms with E-state index in [1.54, 1.807) is 48.7 Å². The van der Waals surface area contributed by atoms with E-state index in [4.69, 9.17) is 5.73 Å². The molecular weight excluding hydrogens is 372 g/mol. The predicted molar refractivity (Wildman–Crippen MR) is 112 cm³/mol. The highest BCUT2D eigenvalue weighted by atomic mass is 32.2. The number of aryl methyl sites for hydroxylation is 1. The minimum Gasteiger partial charge on any atom is -0.384 e. The summed E-state index contributed by atoms with van der Waals surface area (Å²) < 4.78 is 1.21. The molecule has 2 aromatic carbocycles. The molecule has 0 spiro atoms. The molecule has 0 saturated carbocycles. The number of rotatable bonds is 4. The molecule has 1 heterocycles. The van der Waals surface area contributed by atoms with E-state index in [-0.39, 0.29) is 21.8 Å². The van der Waals surface area contributed by atoms with Gasteiger partial charge in [-0.3, -0.25) is 14.2 Å². The number of thioether (sulfide) groups is 1. The van der Waals surface area contributed by atoms with Crippen LogP contribution < -0.4 is 16.6 Å². The Bertz CT molecular complexity index is 1150. The van der Waals surface area contributed by atoms with Gasteiger partial charge in [-0.2, -0.15) is 5.26 Å². The topological polar surface area (TPSA) is 101 Å². The lowest BCUT2D eigenvalue weighted by molar-refractivity contribution is 0.102. The third kappa shape index (κ3) is 3.50. The number of benzene rings is 2. The first-order valence-corrected chi connectivity index (χ1v) is 9.66. The first-order chi connectivity index (χ1) is 13.5. The van der Waals surface area contributed by atoms with Crippen LogP contribution in [0.15, 0.2) is 64.3 Å². The molecule has 0 aliphatic heterocycles. The van der Waals surface area contributed by atoms with E-state index >= 15 is 0 Å². The molecule has 3 N–H and O–H groups in total. The molecule has 0 aliphatic carbocycles. The summed E-state index contributed by atoms with van der Waals surface area (Å²) in [5, 5.41) is 12.4. The number of nitrogens with one attached hydrogen (secondary N) is 1. The number of anilines is 2. The van der Waals surface area contributed by atoms with E-state index in [1.807, 2.05) is 25.1 Å². The fourth-order valence-electron chi connectivity index (χ4n) is 2.93. The average Bonchev–Trinajstić information content (AvgIpc) is 2.68. The highest BCUT2D eigenvalue weighted by molar-refractivity contribution is 7.98. The second kappa shape index (κ2) is 8.03. The maximum atomic E-state index is 13.0. The van der Waals surface area contributed by atoms with Crippen LogP contribution in [0.2, 0.25) is 0 Å². The van der Waals surface area contributed by atoms with Crippen LogP contribution in [0.25, 0.3) is 5.69 Å². The molecule has 140 valence electrons. The van der Waals surface area contributed by atoms with E-state index in [1.165, 1.54) is 4.57 Å². The van der Waals surface area contributed by atoms with Gasteiger partial charge >= 0.3 is 0 Å². The number of hydrogen-bond donors (Lipinski definition) is 2. The summed E-state index contributed by atoms with van der Waals surface area (Å²) in [5.41, 5.74) is 7.76. The lowest BCUT2D eigenvalue weighted by Gasteiger charge is -2.18. The van der Waals surface area contributed by atoms with E-state index in [0.29, 0.717) is 11.4 Å². The molecule has 0 fully saturated rings. The van der Waals surface area contributed by atoms with Gasteiger partial charge in [-0.25, -0.2) is 0 Å². The number of amides is 1. The third-order valence-corrected chi connectivity index (χ3v) is 5.02. The van der Waals surface area contributed by atoms with Gasteiger partial charge < -0.3 is 11.1 Å². The van der Waals surface area contributed by atoms with Crippen LogP contribution in [-0.2, 0) is 0 Å². The highest BCUT2D eigenvalue weighted by Gasteiger charge is 2.25. The zero-order chi connectivity index (χ0) is 20.3. The molecule has 3 aromatic rings. The van der Waals surface area contributed by atoms with Crippen molar-refractivity contribution in [3.05, 3.63) is 81.6 Å². The van der Waals surface area contributed by atoms with Crippen molar-refractivity contribution < 1.29 is 4.79 Å². The molecule has 7 heteroatoms. The van der Waals surface area contributed by atoms with Gasteiger partial charge in [0, 0.05) is 10.6 Å². The van der Waals surface area contributed by atoms with Gasteiger partial charge in [-0.05, 0) is 43.0 Å². The van der Waals surface area contributed by atoms with Crippen LogP contribution in [0, 0.1) is 18.3 Å². The summed E-state index contributed by atoms with van der Waals surface area (Å²) in [6.07, 6.45) is 1.70. The number of aromatic nitrogens is 1. The van der Waals surface area contributed by atoms with Crippen molar-refractivity contribution in [2.45, 2.75) is 11.8 Å². The van der Waals surface area contributed by atoms with E-state index in [0.717, 1.165) is 17.3 Å². The molecule has 1 amide bonds. The normalized spacial score (nSPS) is 10.3. The van der Waals surface area contributed by atoms with Gasteiger partial charge in [0.05, 0.1) is 11.3 Å². The van der Waals surface area contributed by atoms with Crippen LogP contribution in [0.3, 0.4) is 0 Å². The Balaban J connectivity index is 2.27. The number of nitrogens with two attached hydrogens (primary N) is 1. The van der Waals surface area contributed by atoms with Gasteiger partial charge in [0.2, 0.25) is 0 Å². The SMILES string of the molecule is CSc1c(C(=O)Nc2ccccc2)c(N)n(-c2cccc(C)c2)c(=O)c1C#N. The molecule has 0 bridgehead atoms. The van der Waals surface area contributed by atoms with E-state index in [2.05, 4.69) is 5.32 Å². The largest absolute Gasteiger partial charge is 0.384 e. The molecule has 28 heavy (non-hydrogen) atoms. The maximum absolute atomic E-state index is 13.0. The fraction of sp³-hybridized carbons (Fsp3) is 0.0952. The first-order valence-electron chi connectivity index (χ1n) is 8.44. The van der Waals surface area contributed by atoms with Crippen LogP contribution >= 0.6 is 11.8 Å². The number of carbonyl (C=O) groups excluding carboxylic acids is 1. The smallest absolute Gasteiger partial charge is 0.275 e. The molecule has 0 saturated heterocycles. The van der Waals surface area contributed by atoms with Crippen LogP contribution in [0.1, 0.15) is 21.5 Å². The van der Waals surface area contributed by atoms with Crippen LogP contribution in [0.5, 0.6) is 0 Å². The Morgan fingerprint density at radius 2 is 1.89 bits per heavy atom. The van der Waals surface area contributed by atoms with Crippen molar-refractivity contribution in [2.75, 3.05) is 17.3 Å². The molecule has 0 radical (unpaired) electrons. The van der Waals surface area contributed by atoms with Gasteiger partial charge in [0.15, 0.2) is 0 Å². The molecular formula is C21H18N4O2S. The average molecular weight is 390 g/mol. The minimum absolute atomic E-state index is 0.00705. The molecule has 3 rings (SSSR count). The standard InChI is InChI=1S/C21H18N4O2S/c1-13-7-6-10-15(11-13)25-19(23)17(18(28-2)16(12-22)21(25)27)20(26)24-14-8-4-3-5-9-14/h3-11H,23H2,1-2H3,(H,24,26). The summed E-state index contributed by atoms with van der Waals surface area (Å²) >= 11 is 1.14. The van der Waals surface area contributed by atoms with E-state index in [9.17, 15) is 14.9 Å². The monoisotopic (exact) mass is 390 g/mol. The number of nitriles is 1. The molecule has 0 atom stereocenters. The summed E-state index contributed by atoms with van der Waals surface area (Å²) in [6.45, 7) is 1.88. The minimum atomic E-state index is -0.550. The third-order valence-electron chi connectivity index (χ3n) is 4.20. The van der Waals surface area contributed by atoms with Gasteiger partial charge in [0.25, 0.3) is 11.5 Å². The summed E-state index contributed by atoms with van der Waals surface area (Å²) in [6, 6.07) is 18.0. The van der Waals surface area contributed by atoms with Gasteiger partial charge in [-0.15, -0.1) is 11.8 Å². The molecule has 6 nitrogen and oxygen atoms in total. The van der Waals surface area contributed by atoms with Crippen molar-refractivity contribution in [1.29, 1.82) is 5.26 Å². The van der Waals surface area contributed by atoms with Gasteiger partial charge in [-0.1, -0.05) is 30.3 Å². The van der Waals surface area contributed by atoms with Crippen molar-refractivity contribution in [3.63, 3.8) is 0 Å². The second-order valence-electron chi connectivity index (χ2n) is 6.08. The summed E-state index contributed by atoms with van der Waals surface area (Å²) in [7, 11) is 0. The summed E-state index contributed by atoms with van der Waals surface area (Å²) in [5.74, 6) is -0.488. The Labute approximate surface area is 166 Å². The highest BCUT2D eigenvalue weighted by Crippen LogP contribution is 2.29. The van der Waals surface area contributed by atoms with Crippen molar-refractivity contribution in [2.24, 2.45) is 0 Å². The first kappa shape index (κ1) is 19.3. The quantitative estimate of drug-likeness (QED) is 0.663. The Morgan fingerprint density at radius 1 is 1.18 bits per heavy atom. The number of nitrogens with zero attached hydrogens (tertiary/aromatic N) is 2. The lowest BCUT2D eigenvalue weighted by atomic mass is 10.1. The molecule has 1 aromatic heterocycles. The Kier molecular flexibility index (Phi) is 5.52. The number of carbonyl (C=O) groups is 1. The fourth-order valence-corrected chi connectivity index (χ4v) is 3.67. The van der Waals surface area contributed by atoms with Crippen molar-refractivity contribution >= 4 is 29.2 Å².